The molecule has 1 rings (SSSR count). The number of aromatic nitrogens is 2. The molecule has 0 fully saturated rings. The van der Waals surface area contributed by atoms with Crippen molar-refractivity contribution < 1.29 is 0 Å². The van der Waals surface area contributed by atoms with Crippen LogP contribution < -0.4 is 11.1 Å². The fraction of sp³-hybridized carbons (Fsp3) is 0.556. The maximum atomic E-state index is 5.59. The van der Waals surface area contributed by atoms with Gasteiger partial charge in [0.15, 0.2) is 0 Å². The lowest BCUT2D eigenvalue weighted by atomic mass is 10.1. The second-order valence-electron chi connectivity index (χ2n) is 4.10. The van der Waals surface area contributed by atoms with E-state index in [1.54, 1.807) is 6.07 Å². The van der Waals surface area contributed by atoms with Crippen LogP contribution in [0, 0.1) is 6.92 Å². The van der Waals surface area contributed by atoms with Crippen LogP contribution in [0.1, 0.15) is 26.6 Å². The highest BCUT2D eigenvalue weighted by Gasteiger charge is 2.10. The van der Waals surface area contributed by atoms with Crippen molar-refractivity contribution in [2.24, 2.45) is 0 Å². The molecular formula is C9H16N4. The summed E-state index contributed by atoms with van der Waals surface area (Å²) in [5, 5.41) is 3.23. The average Bonchev–Trinajstić information content (AvgIpc) is 1.78. The third kappa shape index (κ3) is 3.27. The third-order valence-electron chi connectivity index (χ3n) is 1.36. The van der Waals surface area contributed by atoms with E-state index in [9.17, 15) is 0 Å². The van der Waals surface area contributed by atoms with Crippen LogP contribution in [0.2, 0.25) is 0 Å². The summed E-state index contributed by atoms with van der Waals surface area (Å²) in [5.74, 6) is 1.96. The molecule has 0 aliphatic rings. The Morgan fingerprint density at radius 1 is 1.31 bits per heavy atom. The maximum Gasteiger partial charge on any atom is 0.132 e. The summed E-state index contributed by atoms with van der Waals surface area (Å²) < 4.78 is 0. The van der Waals surface area contributed by atoms with E-state index in [1.165, 1.54) is 0 Å². The van der Waals surface area contributed by atoms with Crippen molar-refractivity contribution in [3.05, 3.63) is 11.9 Å². The third-order valence-corrected chi connectivity index (χ3v) is 1.36. The Kier molecular flexibility index (Phi) is 2.40. The molecule has 0 unspecified atom stereocenters. The molecule has 1 aromatic rings. The summed E-state index contributed by atoms with van der Waals surface area (Å²) in [7, 11) is 0. The number of nitrogen functional groups attached to an aromatic ring is 1. The van der Waals surface area contributed by atoms with Crippen LogP contribution >= 0.6 is 0 Å². The minimum absolute atomic E-state index is 0.00671. The highest BCUT2D eigenvalue weighted by atomic mass is 15.1. The Hall–Kier alpha value is -1.32. The van der Waals surface area contributed by atoms with Crippen molar-refractivity contribution in [3.8, 4) is 0 Å². The van der Waals surface area contributed by atoms with E-state index in [1.807, 2.05) is 6.92 Å². The first kappa shape index (κ1) is 9.77. The minimum Gasteiger partial charge on any atom is -0.384 e. The van der Waals surface area contributed by atoms with E-state index in [0.29, 0.717) is 11.6 Å². The number of nitrogens with two attached hydrogens (primary N) is 1. The zero-order valence-electron chi connectivity index (χ0n) is 8.55. The van der Waals surface area contributed by atoms with E-state index >= 15 is 0 Å². The molecule has 0 aliphatic carbocycles. The predicted octanol–water partition coefficient (Wildman–Crippen LogP) is 1.58. The quantitative estimate of drug-likeness (QED) is 0.688. The van der Waals surface area contributed by atoms with E-state index in [0.717, 1.165) is 5.82 Å². The van der Waals surface area contributed by atoms with Crippen molar-refractivity contribution in [1.29, 1.82) is 0 Å². The maximum absolute atomic E-state index is 5.59. The van der Waals surface area contributed by atoms with Gasteiger partial charge in [0.05, 0.1) is 0 Å². The summed E-state index contributed by atoms with van der Waals surface area (Å²) >= 11 is 0. The van der Waals surface area contributed by atoms with Gasteiger partial charge >= 0.3 is 0 Å². The molecule has 3 N–H and O–H groups in total. The van der Waals surface area contributed by atoms with Crippen LogP contribution in [0.3, 0.4) is 0 Å². The first-order valence-electron chi connectivity index (χ1n) is 4.26. The van der Waals surface area contributed by atoms with Crippen LogP contribution in [0.5, 0.6) is 0 Å². The molecule has 0 aliphatic heterocycles. The summed E-state index contributed by atoms with van der Waals surface area (Å²) in [6, 6.07) is 1.73. The number of aryl methyl sites for hydroxylation is 1. The molecule has 0 saturated carbocycles. The number of nitrogens with zero attached hydrogens (tertiary/aromatic N) is 2. The van der Waals surface area contributed by atoms with Gasteiger partial charge in [0, 0.05) is 11.6 Å². The SMILES string of the molecule is Cc1nc(N)cc(NC(C)(C)C)n1. The molecule has 4 heteroatoms. The van der Waals surface area contributed by atoms with Crippen LogP contribution in [-0.2, 0) is 0 Å². The van der Waals surface area contributed by atoms with Crippen LogP contribution in [0.15, 0.2) is 6.07 Å². The Morgan fingerprint density at radius 3 is 2.38 bits per heavy atom. The highest BCUT2D eigenvalue weighted by molar-refractivity contribution is 5.45. The number of rotatable bonds is 1. The van der Waals surface area contributed by atoms with Gasteiger partial charge in [-0.25, -0.2) is 9.97 Å². The summed E-state index contributed by atoms with van der Waals surface area (Å²) in [6.07, 6.45) is 0. The standard InChI is InChI=1S/C9H16N4/c1-6-11-7(10)5-8(12-6)13-9(2,3)4/h5H,1-4H3,(H3,10,11,12,13). The van der Waals surface area contributed by atoms with Crippen molar-refractivity contribution >= 4 is 11.6 Å². The predicted molar refractivity (Wildman–Crippen MR) is 54.6 cm³/mol. The van der Waals surface area contributed by atoms with Crippen molar-refractivity contribution in [3.63, 3.8) is 0 Å². The molecule has 0 amide bonds. The smallest absolute Gasteiger partial charge is 0.132 e. The van der Waals surface area contributed by atoms with Gasteiger partial charge in [-0.1, -0.05) is 0 Å². The van der Waals surface area contributed by atoms with Gasteiger partial charge in [-0.05, 0) is 27.7 Å². The molecule has 4 nitrogen and oxygen atoms in total. The molecule has 0 spiro atoms. The first-order valence-corrected chi connectivity index (χ1v) is 4.26. The Balaban J connectivity index is 2.90. The highest BCUT2D eigenvalue weighted by Crippen LogP contribution is 2.13. The van der Waals surface area contributed by atoms with E-state index in [2.05, 4.69) is 36.1 Å². The molecular weight excluding hydrogens is 164 g/mol. The lowest BCUT2D eigenvalue weighted by Gasteiger charge is -2.21. The molecule has 0 bridgehead atoms. The lowest BCUT2D eigenvalue weighted by molar-refractivity contribution is 0.629. The van der Waals surface area contributed by atoms with Gasteiger partial charge in [0.2, 0.25) is 0 Å². The lowest BCUT2D eigenvalue weighted by Crippen LogP contribution is -2.27. The van der Waals surface area contributed by atoms with Crippen LogP contribution in [0.4, 0.5) is 11.6 Å². The Bertz CT molecular complexity index is 281. The molecule has 1 aromatic heterocycles. The zero-order chi connectivity index (χ0) is 10.1. The number of hydrogen-bond donors (Lipinski definition) is 2. The Labute approximate surface area is 78.6 Å². The largest absolute Gasteiger partial charge is 0.384 e. The fourth-order valence-electron chi connectivity index (χ4n) is 1.04. The van der Waals surface area contributed by atoms with Gasteiger partial charge in [-0.15, -0.1) is 0 Å². The van der Waals surface area contributed by atoms with Crippen molar-refractivity contribution in [1.82, 2.24) is 9.97 Å². The molecule has 0 atom stereocenters. The normalized spacial score (nSPS) is 11.4. The van der Waals surface area contributed by atoms with Crippen LogP contribution in [-0.4, -0.2) is 15.5 Å². The van der Waals surface area contributed by atoms with Gasteiger partial charge in [-0.2, -0.15) is 0 Å². The van der Waals surface area contributed by atoms with Crippen LogP contribution in [0.25, 0.3) is 0 Å². The summed E-state index contributed by atoms with van der Waals surface area (Å²) in [6.45, 7) is 8.03. The first-order chi connectivity index (χ1) is 5.87. The molecule has 0 radical (unpaired) electrons. The van der Waals surface area contributed by atoms with E-state index < -0.39 is 0 Å². The second kappa shape index (κ2) is 3.20. The van der Waals surface area contributed by atoms with Crippen molar-refractivity contribution in [2.75, 3.05) is 11.1 Å². The topological polar surface area (TPSA) is 63.8 Å². The molecule has 0 aromatic carbocycles. The Morgan fingerprint density at radius 2 is 1.92 bits per heavy atom. The van der Waals surface area contributed by atoms with Gasteiger partial charge in [-0.3, -0.25) is 0 Å². The molecule has 13 heavy (non-hydrogen) atoms. The average molecular weight is 180 g/mol. The molecule has 0 saturated heterocycles. The zero-order valence-corrected chi connectivity index (χ0v) is 8.55. The number of hydrogen-bond acceptors (Lipinski definition) is 4. The molecule has 72 valence electrons. The van der Waals surface area contributed by atoms with Crippen molar-refractivity contribution in [2.45, 2.75) is 33.2 Å². The fourth-order valence-corrected chi connectivity index (χ4v) is 1.04. The van der Waals surface area contributed by atoms with Gasteiger partial charge in [0.1, 0.15) is 17.5 Å². The summed E-state index contributed by atoms with van der Waals surface area (Å²) in [4.78, 5) is 8.21. The number of anilines is 2. The van der Waals surface area contributed by atoms with Gasteiger partial charge in [0.25, 0.3) is 0 Å². The number of nitrogens with one attached hydrogen (secondary N) is 1. The monoisotopic (exact) mass is 180 g/mol. The molecule has 1 heterocycles. The van der Waals surface area contributed by atoms with Gasteiger partial charge < -0.3 is 11.1 Å². The summed E-state index contributed by atoms with van der Waals surface area (Å²) in [5.41, 5.74) is 5.58. The van der Waals surface area contributed by atoms with E-state index in [4.69, 9.17) is 5.73 Å². The second-order valence-corrected chi connectivity index (χ2v) is 4.10. The minimum atomic E-state index is -0.00671. The van der Waals surface area contributed by atoms with E-state index in [-0.39, 0.29) is 5.54 Å².